The zero-order valence-corrected chi connectivity index (χ0v) is 14.1. The van der Waals surface area contributed by atoms with Gasteiger partial charge in [-0.1, -0.05) is 48.0 Å². The summed E-state index contributed by atoms with van der Waals surface area (Å²) in [6.45, 7) is 1.89. The van der Waals surface area contributed by atoms with Crippen LogP contribution in [0.4, 0.5) is 0 Å². The number of ether oxygens (including phenoxy) is 1. The Kier molecular flexibility index (Phi) is 4.67. The molecule has 0 radical (unpaired) electrons. The largest absolute Gasteiger partial charge is 0.467 e. The lowest BCUT2D eigenvalue weighted by Gasteiger charge is -2.25. The van der Waals surface area contributed by atoms with E-state index in [1.54, 1.807) is 18.2 Å². The lowest BCUT2D eigenvalue weighted by molar-refractivity contribution is -0.164. The van der Waals surface area contributed by atoms with E-state index in [9.17, 15) is 9.90 Å². The minimum atomic E-state index is -1.84. The molecule has 128 valence electrons. The highest BCUT2D eigenvalue weighted by Crippen LogP contribution is 2.29. The van der Waals surface area contributed by atoms with Gasteiger partial charge in [0, 0.05) is 5.56 Å². The number of oxazole rings is 1. The molecule has 0 saturated carbocycles. The molecule has 5 heteroatoms. The zero-order chi connectivity index (χ0) is 17.9. The van der Waals surface area contributed by atoms with Crippen LogP contribution in [0.15, 0.2) is 65.2 Å². The second-order valence-electron chi connectivity index (χ2n) is 5.90. The molecular weight excluding hydrogens is 318 g/mol. The van der Waals surface area contributed by atoms with Crippen LogP contribution in [0.3, 0.4) is 0 Å². The molecule has 0 aliphatic heterocycles. The van der Waals surface area contributed by atoms with E-state index >= 15 is 0 Å². The molecule has 0 aliphatic carbocycles. The molecule has 3 rings (SSSR count). The average Bonchev–Trinajstić information content (AvgIpc) is 3.10. The Morgan fingerprint density at radius 3 is 2.64 bits per heavy atom. The van der Waals surface area contributed by atoms with Crippen LogP contribution in [0.1, 0.15) is 16.9 Å². The number of aromatic nitrogens is 1. The van der Waals surface area contributed by atoms with Gasteiger partial charge in [0.25, 0.3) is 0 Å². The summed E-state index contributed by atoms with van der Waals surface area (Å²) in [7, 11) is 1.25. The van der Waals surface area contributed by atoms with Crippen LogP contribution in [0.5, 0.6) is 0 Å². The van der Waals surface area contributed by atoms with Gasteiger partial charge in [-0.05, 0) is 24.6 Å². The Morgan fingerprint density at radius 1 is 1.20 bits per heavy atom. The highest BCUT2D eigenvalue weighted by Gasteiger charge is 2.40. The number of carbonyl (C=O) groups is 1. The molecule has 0 aliphatic rings. The molecule has 0 saturated heterocycles. The molecule has 0 fully saturated rings. The number of hydrogen-bond donors (Lipinski definition) is 1. The fourth-order valence-corrected chi connectivity index (χ4v) is 2.72. The van der Waals surface area contributed by atoms with Crippen molar-refractivity contribution in [3.63, 3.8) is 0 Å². The molecule has 1 aromatic heterocycles. The molecule has 0 bridgehead atoms. The third kappa shape index (κ3) is 3.46. The van der Waals surface area contributed by atoms with E-state index in [-0.39, 0.29) is 6.42 Å². The first-order valence-electron chi connectivity index (χ1n) is 7.91. The Labute approximate surface area is 145 Å². The lowest BCUT2D eigenvalue weighted by Crippen LogP contribution is -2.39. The maximum Gasteiger partial charge on any atom is 0.343 e. The third-order valence-electron chi connectivity index (χ3n) is 4.02. The summed E-state index contributed by atoms with van der Waals surface area (Å²) >= 11 is 0. The van der Waals surface area contributed by atoms with Gasteiger partial charge in [-0.2, -0.15) is 0 Å². The number of nitrogens with zero attached hydrogens (tertiary/aromatic N) is 1. The molecule has 3 aromatic rings. The maximum atomic E-state index is 12.3. The van der Waals surface area contributed by atoms with Gasteiger partial charge in [0.15, 0.2) is 5.60 Å². The van der Waals surface area contributed by atoms with Crippen LogP contribution in [0.25, 0.3) is 11.5 Å². The van der Waals surface area contributed by atoms with Crippen molar-refractivity contribution in [1.29, 1.82) is 0 Å². The van der Waals surface area contributed by atoms with Gasteiger partial charge in [-0.25, -0.2) is 9.78 Å². The van der Waals surface area contributed by atoms with Crippen LogP contribution >= 0.6 is 0 Å². The number of esters is 1. The van der Waals surface area contributed by atoms with E-state index in [4.69, 9.17) is 9.15 Å². The summed E-state index contributed by atoms with van der Waals surface area (Å²) in [4.78, 5) is 16.5. The minimum Gasteiger partial charge on any atom is -0.467 e. The van der Waals surface area contributed by atoms with Gasteiger partial charge in [-0.15, -0.1) is 0 Å². The molecule has 1 heterocycles. The fraction of sp³-hybridized carbons (Fsp3) is 0.200. The lowest BCUT2D eigenvalue weighted by atomic mass is 9.88. The molecule has 25 heavy (non-hydrogen) atoms. The van der Waals surface area contributed by atoms with Crippen LogP contribution in [-0.4, -0.2) is 23.2 Å². The maximum absolute atomic E-state index is 12.3. The highest BCUT2D eigenvalue weighted by molar-refractivity contribution is 5.81. The Bertz CT molecular complexity index is 872. The second-order valence-corrected chi connectivity index (χ2v) is 5.90. The van der Waals surface area contributed by atoms with E-state index in [0.717, 1.165) is 11.1 Å². The second kappa shape index (κ2) is 6.91. The van der Waals surface area contributed by atoms with Gasteiger partial charge >= 0.3 is 5.97 Å². The van der Waals surface area contributed by atoms with Crippen LogP contribution < -0.4 is 0 Å². The van der Waals surface area contributed by atoms with Crippen molar-refractivity contribution in [2.24, 2.45) is 0 Å². The number of methoxy groups -OCH3 is 1. The molecule has 2 aromatic carbocycles. The molecule has 1 N–H and O–H groups in total. The van der Waals surface area contributed by atoms with Crippen molar-refractivity contribution in [2.45, 2.75) is 18.9 Å². The first kappa shape index (κ1) is 16.9. The number of aliphatic hydroxyl groups is 1. The van der Waals surface area contributed by atoms with Crippen molar-refractivity contribution in [2.75, 3.05) is 7.11 Å². The van der Waals surface area contributed by atoms with Crippen molar-refractivity contribution in [3.8, 4) is 11.5 Å². The molecule has 1 atom stereocenters. The van der Waals surface area contributed by atoms with Crippen LogP contribution in [-0.2, 0) is 21.6 Å². The molecule has 0 amide bonds. The Balaban J connectivity index is 1.94. The van der Waals surface area contributed by atoms with Crippen molar-refractivity contribution >= 4 is 5.97 Å². The predicted octanol–water partition coefficient (Wildman–Crippen LogP) is 3.25. The first-order valence-corrected chi connectivity index (χ1v) is 7.91. The first-order chi connectivity index (χ1) is 12.0. The summed E-state index contributed by atoms with van der Waals surface area (Å²) in [6, 6.07) is 16.6. The zero-order valence-electron chi connectivity index (χ0n) is 14.1. The molecule has 5 nitrogen and oxygen atoms in total. The van der Waals surface area contributed by atoms with Crippen molar-refractivity contribution < 1.29 is 19.1 Å². The van der Waals surface area contributed by atoms with Gasteiger partial charge in [0.1, 0.15) is 5.76 Å². The predicted molar refractivity (Wildman–Crippen MR) is 92.7 cm³/mol. The molecule has 0 unspecified atom stereocenters. The van der Waals surface area contributed by atoms with E-state index in [1.165, 1.54) is 13.3 Å². The molecule has 0 spiro atoms. The third-order valence-corrected chi connectivity index (χ3v) is 4.02. The summed E-state index contributed by atoms with van der Waals surface area (Å²) in [5.74, 6) is 0.0936. The Morgan fingerprint density at radius 2 is 1.96 bits per heavy atom. The number of hydrogen-bond acceptors (Lipinski definition) is 5. The summed E-state index contributed by atoms with van der Waals surface area (Å²) in [6.07, 6.45) is 1.45. The van der Waals surface area contributed by atoms with Gasteiger partial charge in [0.05, 0.1) is 19.7 Å². The quantitative estimate of drug-likeness (QED) is 0.724. The number of carbonyl (C=O) groups excluding carboxylic acids is 1. The summed E-state index contributed by atoms with van der Waals surface area (Å²) < 4.78 is 10.6. The standard InChI is InChI=1S/C20H19NO4/c1-14-7-6-10-16(11-14)20(23,19(22)24-2)12-17-13-21-18(25-17)15-8-4-3-5-9-15/h3-11,13,23H,12H2,1-2H3/t20-/m0/s1. The monoisotopic (exact) mass is 337 g/mol. The smallest absolute Gasteiger partial charge is 0.343 e. The molecular formula is C20H19NO4. The minimum absolute atomic E-state index is 0.0665. The van der Waals surface area contributed by atoms with Gasteiger partial charge in [0.2, 0.25) is 5.89 Å². The fourth-order valence-electron chi connectivity index (χ4n) is 2.72. The van der Waals surface area contributed by atoms with E-state index in [0.29, 0.717) is 17.2 Å². The van der Waals surface area contributed by atoms with Crippen molar-refractivity contribution in [3.05, 3.63) is 77.7 Å². The van der Waals surface area contributed by atoms with E-state index in [2.05, 4.69) is 4.98 Å². The number of rotatable bonds is 5. The van der Waals surface area contributed by atoms with Crippen LogP contribution in [0, 0.1) is 6.92 Å². The van der Waals surface area contributed by atoms with Gasteiger partial charge < -0.3 is 14.3 Å². The SMILES string of the molecule is COC(=O)[C@](O)(Cc1cnc(-c2ccccc2)o1)c1cccc(C)c1. The normalized spacial score (nSPS) is 13.2. The summed E-state index contributed by atoms with van der Waals surface area (Å²) in [5.41, 5.74) is 0.374. The Hall–Kier alpha value is -2.92. The number of benzene rings is 2. The van der Waals surface area contributed by atoms with Gasteiger partial charge in [-0.3, -0.25) is 0 Å². The van der Waals surface area contributed by atoms with E-state index in [1.807, 2.05) is 43.3 Å². The summed E-state index contributed by atoms with van der Waals surface area (Å²) in [5, 5.41) is 11.0. The number of aryl methyl sites for hydroxylation is 1. The van der Waals surface area contributed by atoms with E-state index < -0.39 is 11.6 Å². The highest BCUT2D eigenvalue weighted by atomic mass is 16.5. The van der Waals surface area contributed by atoms with Crippen molar-refractivity contribution in [1.82, 2.24) is 4.98 Å². The average molecular weight is 337 g/mol. The van der Waals surface area contributed by atoms with Crippen LogP contribution in [0.2, 0.25) is 0 Å². The topological polar surface area (TPSA) is 72.6 Å².